The standard InChI is InChI=1S/C52H30N2OS/c1-2-10-31(11-3-1)34-21-22-36-29-38(25-23-35(36)28-34)48-51-49(42-15-7-9-17-46(42)56-51)54-52(53-48)43-27-26-40(50-47(43)41-14-6-8-16-45(41)55-50)37-24-20-33-19-18-32-12-4-5-13-39(32)44(33)30-37/h1-30H. The minimum Gasteiger partial charge on any atom is -0.455 e. The molecule has 12 aromatic rings. The van der Waals surface area contributed by atoms with E-state index >= 15 is 0 Å². The predicted octanol–water partition coefficient (Wildman–Crippen LogP) is 14.9. The fourth-order valence-electron chi connectivity index (χ4n) is 8.52. The van der Waals surface area contributed by atoms with Crippen molar-refractivity contribution in [3.8, 4) is 44.9 Å². The number of hydrogen-bond acceptors (Lipinski definition) is 4. The molecule has 0 aliphatic rings. The van der Waals surface area contributed by atoms with E-state index < -0.39 is 0 Å². The van der Waals surface area contributed by atoms with Crippen molar-refractivity contribution < 1.29 is 4.42 Å². The van der Waals surface area contributed by atoms with Gasteiger partial charge >= 0.3 is 0 Å². The lowest BCUT2D eigenvalue weighted by Gasteiger charge is -2.12. The highest BCUT2D eigenvalue weighted by molar-refractivity contribution is 7.26. The zero-order valence-corrected chi connectivity index (χ0v) is 30.8. The molecule has 4 heteroatoms. The van der Waals surface area contributed by atoms with Gasteiger partial charge in [0, 0.05) is 37.5 Å². The van der Waals surface area contributed by atoms with E-state index in [0.29, 0.717) is 5.82 Å². The molecule has 0 amide bonds. The average molecular weight is 731 g/mol. The smallest absolute Gasteiger partial charge is 0.161 e. The van der Waals surface area contributed by atoms with Gasteiger partial charge in [-0.3, -0.25) is 0 Å². The van der Waals surface area contributed by atoms with Gasteiger partial charge in [0.25, 0.3) is 0 Å². The first kappa shape index (κ1) is 31.2. The monoisotopic (exact) mass is 730 g/mol. The Kier molecular flexibility index (Phi) is 6.80. The summed E-state index contributed by atoms with van der Waals surface area (Å²) in [7, 11) is 0. The molecule has 56 heavy (non-hydrogen) atoms. The van der Waals surface area contributed by atoms with Gasteiger partial charge in [0.15, 0.2) is 5.82 Å². The quantitative estimate of drug-likeness (QED) is 0.169. The van der Waals surface area contributed by atoms with Crippen LogP contribution >= 0.6 is 11.3 Å². The molecule has 260 valence electrons. The molecule has 3 nitrogen and oxygen atoms in total. The minimum absolute atomic E-state index is 0.684. The van der Waals surface area contributed by atoms with Crippen LogP contribution in [0.2, 0.25) is 0 Å². The summed E-state index contributed by atoms with van der Waals surface area (Å²) in [6.45, 7) is 0. The van der Waals surface area contributed by atoms with E-state index in [9.17, 15) is 0 Å². The second kappa shape index (κ2) is 12.2. The Morgan fingerprint density at radius 1 is 0.411 bits per heavy atom. The lowest BCUT2D eigenvalue weighted by atomic mass is 9.94. The molecule has 3 heterocycles. The second-order valence-electron chi connectivity index (χ2n) is 14.5. The van der Waals surface area contributed by atoms with Crippen LogP contribution in [0, 0.1) is 0 Å². The number of para-hydroxylation sites is 1. The summed E-state index contributed by atoms with van der Waals surface area (Å²) >= 11 is 1.76. The van der Waals surface area contributed by atoms with E-state index in [1.54, 1.807) is 11.3 Å². The number of aromatic nitrogens is 2. The molecule has 0 aliphatic heterocycles. The summed E-state index contributed by atoms with van der Waals surface area (Å²) in [5.41, 5.74) is 10.2. The van der Waals surface area contributed by atoms with Gasteiger partial charge < -0.3 is 4.42 Å². The van der Waals surface area contributed by atoms with Crippen LogP contribution in [0.25, 0.3) is 119 Å². The Balaban J connectivity index is 1.09. The number of fused-ring (bicyclic) bond motifs is 10. The lowest BCUT2D eigenvalue weighted by molar-refractivity contribution is 0.670. The van der Waals surface area contributed by atoms with E-state index in [0.717, 1.165) is 65.5 Å². The third kappa shape index (κ3) is 4.83. The number of thiophene rings is 1. The molecule has 0 bridgehead atoms. The maximum Gasteiger partial charge on any atom is 0.161 e. The Morgan fingerprint density at radius 2 is 1.05 bits per heavy atom. The van der Waals surface area contributed by atoms with Crippen molar-refractivity contribution in [3.05, 3.63) is 182 Å². The molecule has 0 saturated heterocycles. The summed E-state index contributed by atoms with van der Waals surface area (Å²) in [5, 5.41) is 10.5. The molecule has 9 aromatic carbocycles. The van der Waals surface area contributed by atoms with Gasteiger partial charge in [0.1, 0.15) is 11.2 Å². The largest absolute Gasteiger partial charge is 0.455 e. The van der Waals surface area contributed by atoms with E-state index in [1.165, 1.54) is 48.1 Å². The van der Waals surface area contributed by atoms with Crippen molar-refractivity contribution in [3.63, 3.8) is 0 Å². The minimum atomic E-state index is 0.684. The van der Waals surface area contributed by atoms with Gasteiger partial charge in [-0.05, 0) is 91.5 Å². The summed E-state index contributed by atoms with van der Waals surface area (Å²) in [5.74, 6) is 0.684. The zero-order chi connectivity index (χ0) is 36.7. The Hall–Kier alpha value is -7.14. The molecule has 0 saturated carbocycles. The third-order valence-corrected chi connectivity index (χ3v) is 12.4. The van der Waals surface area contributed by atoms with Crippen LogP contribution in [0.3, 0.4) is 0 Å². The second-order valence-corrected chi connectivity index (χ2v) is 15.6. The highest BCUT2D eigenvalue weighted by atomic mass is 32.1. The van der Waals surface area contributed by atoms with Crippen LogP contribution in [0.5, 0.6) is 0 Å². The first-order valence-corrected chi connectivity index (χ1v) is 19.7. The number of rotatable bonds is 4. The van der Waals surface area contributed by atoms with Crippen LogP contribution in [-0.4, -0.2) is 9.97 Å². The molecule has 0 aliphatic carbocycles. The predicted molar refractivity (Wildman–Crippen MR) is 236 cm³/mol. The zero-order valence-electron chi connectivity index (χ0n) is 30.0. The SMILES string of the molecule is c1ccc(-c2ccc3cc(-c4nc(-c5ccc(-c6ccc7ccc8ccccc8c7c6)c6oc7ccccc7c56)nc5c4sc4ccccc45)ccc3c2)cc1. The number of benzene rings is 9. The summed E-state index contributed by atoms with van der Waals surface area (Å²) in [6.07, 6.45) is 0. The highest BCUT2D eigenvalue weighted by Gasteiger charge is 2.22. The molecule has 3 aromatic heterocycles. The first-order valence-electron chi connectivity index (χ1n) is 18.9. The van der Waals surface area contributed by atoms with Crippen LogP contribution < -0.4 is 0 Å². The van der Waals surface area contributed by atoms with Gasteiger partial charge in [0.05, 0.1) is 15.9 Å². The normalized spacial score (nSPS) is 11.9. The molecule has 0 radical (unpaired) electrons. The molecule has 0 N–H and O–H groups in total. The topological polar surface area (TPSA) is 38.9 Å². The molecule has 0 unspecified atom stereocenters. The van der Waals surface area contributed by atoms with E-state index in [-0.39, 0.29) is 0 Å². The molecule has 0 atom stereocenters. The van der Waals surface area contributed by atoms with E-state index in [1.807, 2.05) is 6.07 Å². The lowest BCUT2D eigenvalue weighted by Crippen LogP contribution is -1.95. The van der Waals surface area contributed by atoms with Crippen molar-refractivity contribution in [2.75, 3.05) is 0 Å². The molecular formula is C52H30N2OS. The van der Waals surface area contributed by atoms with Gasteiger partial charge in [-0.1, -0.05) is 140 Å². The van der Waals surface area contributed by atoms with Crippen molar-refractivity contribution in [2.24, 2.45) is 0 Å². The maximum absolute atomic E-state index is 6.79. The Morgan fingerprint density at radius 3 is 1.93 bits per heavy atom. The van der Waals surface area contributed by atoms with Gasteiger partial charge in [0.2, 0.25) is 0 Å². The van der Waals surface area contributed by atoms with Gasteiger partial charge in [-0.15, -0.1) is 11.3 Å². The maximum atomic E-state index is 6.79. The summed E-state index contributed by atoms with van der Waals surface area (Å²) < 4.78 is 9.08. The number of nitrogens with zero attached hydrogens (tertiary/aromatic N) is 2. The first-order chi connectivity index (χ1) is 27.7. The van der Waals surface area contributed by atoms with Gasteiger partial charge in [-0.25, -0.2) is 9.97 Å². The fourth-order valence-corrected chi connectivity index (χ4v) is 9.68. The molecule has 12 rings (SSSR count). The van der Waals surface area contributed by atoms with Gasteiger partial charge in [-0.2, -0.15) is 0 Å². The van der Waals surface area contributed by atoms with Crippen LogP contribution in [0.4, 0.5) is 0 Å². The fraction of sp³-hybridized carbons (Fsp3) is 0. The van der Waals surface area contributed by atoms with E-state index in [2.05, 4.69) is 176 Å². The molecule has 0 spiro atoms. The van der Waals surface area contributed by atoms with Crippen molar-refractivity contribution in [1.82, 2.24) is 9.97 Å². The summed E-state index contributed by atoms with van der Waals surface area (Å²) in [6, 6.07) is 64.9. The van der Waals surface area contributed by atoms with E-state index in [4.69, 9.17) is 14.4 Å². The van der Waals surface area contributed by atoms with Crippen molar-refractivity contribution >= 4 is 85.9 Å². The van der Waals surface area contributed by atoms with Crippen LogP contribution in [0.1, 0.15) is 0 Å². The van der Waals surface area contributed by atoms with Crippen LogP contribution in [0.15, 0.2) is 186 Å². The number of hydrogen-bond donors (Lipinski definition) is 0. The Bertz CT molecular complexity index is 3540. The molecule has 0 fully saturated rings. The highest BCUT2D eigenvalue weighted by Crippen LogP contribution is 2.45. The van der Waals surface area contributed by atoms with Crippen molar-refractivity contribution in [1.29, 1.82) is 0 Å². The summed E-state index contributed by atoms with van der Waals surface area (Å²) in [4.78, 5) is 10.9. The number of furan rings is 1. The average Bonchev–Trinajstić information content (AvgIpc) is 3.85. The van der Waals surface area contributed by atoms with Crippen LogP contribution in [-0.2, 0) is 0 Å². The third-order valence-electron chi connectivity index (χ3n) is 11.3. The Labute approximate surface area is 325 Å². The molecular weight excluding hydrogens is 701 g/mol. The van der Waals surface area contributed by atoms with Crippen molar-refractivity contribution in [2.45, 2.75) is 0 Å².